The van der Waals surface area contributed by atoms with Gasteiger partial charge in [0.25, 0.3) is 0 Å². The van der Waals surface area contributed by atoms with Crippen molar-refractivity contribution in [2.45, 2.75) is 12.8 Å². The van der Waals surface area contributed by atoms with Crippen molar-refractivity contribution in [2.24, 2.45) is 11.8 Å². The highest BCUT2D eigenvalue weighted by atomic mass is 79.9. The Morgan fingerprint density at radius 2 is 1.30 bits per heavy atom. The van der Waals surface area contributed by atoms with Gasteiger partial charge in [0.15, 0.2) is 0 Å². The number of carbonyl (C=O) groups is 2. The lowest BCUT2D eigenvalue weighted by Gasteiger charge is -2.30. The van der Waals surface area contributed by atoms with E-state index in [-0.39, 0.29) is 21.2 Å². The molecule has 1 aliphatic carbocycles. The van der Waals surface area contributed by atoms with E-state index >= 15 is 0 Å². The summed E-state index contributed by atoms with van der Waals surface area (Å²) in [6.07, 6.45) is 1.68. The third-order valence-corrected chi connectivity index (χ3v) is 3.03. The molecule has 0 saturated heterocycles. The van der Waals surface area contributed by atoms with E-state index in [2.05, 4.69) is 31.9 Å². The number of hydrogen-bond acceptors (Lipinski definition) is 2. The molecule has 0 radical (unpaired) electrons. The summed E-state index contributed by atoms with van der Waals surface area (Å²) in [4.78, 5) is 21.4. The van der Waals surface area contributed by atoms with Crippen LogP contribution >= 0.6 is 31.9 Å². The molecule has 10 heavy (non-hydrogen) atoms. The highest BCUT2D eigenvalue weighted by Gasteiger charge is 2.38. The maximum Gasteiger partial charge on any atom is 0.201 e. The minimum absolute atomic E-state index is 0.0449. The van der Waals surface area contributed by atoms with Gasteiger partial charge in [0.1, 0.15) is 0 Å². The predicted octanol–water partition coefficient (Wildman–Crippen LogP) is 1.86. The molecule has 2 unspecified atom stereocenters. The van der Waals surface area contributed by atoms with Gasteiger partial charge in [-0.2, -0.15) is 0 Å². The fourth-order valence-corrected chi connectivity index (χ4v) is 2.14. The highest BCUT2D eigenvalue weighted by Crippen LogP contribution is 2.38. The van der Waals surface area contributed by atoms with Crippen LogP contribution in [0.3, 0.4) is 0 Å². The highest BCUT2D eigenvalue weighted by molar-refractivity contribution is 9.18. The summed E-state index contributed by atoms with van der Waals surface area (Å²) in [6, 6.07) is 0. The quantitative estimate of drug-likeness (QED) is 0.717. The van der Waals surface area contributed by atoms with Gasteiger partial charge in [-0.05, 0) is 44.7 Å². The third-order valence-electron chi connectivity index (χ3n) is 1.86. The summed E-state index contributed by atoms with van der Waals surface area (Å²) in [6.45, 7) is 0. The van der Waals surface area contributed by atoms with Gasteiger partial charge in [-0.1, -0.05) is 0 Å². The van der Waals surface area contributed by atoms with Gasteiger partial charge in [0, 0.05) is 11.8 Å². The van der Waals surface area contributed by atoms with Gasteiger partial charge >= 0.3 is 0 Å². The molecule has 0 spiro atoms. The maximum absolute atomic E-state index is 10.7. The summed E-state index contributed by atoms with van der Waals surface area (Å²) >= 11 is 5.70. The molecule has 2 atom stereocenters. The standard InChI is InChI=1S/C6H6Br2O2/c7-5(9)3-1-2-4(3)6(8)10/h3-4H,1-2H2. The van der Waals surface area contributed by atoms with E-state index in [4.69, 9.17) is 0 Å². The SMILES string of the molecule is O=C(Br)C1CCC1C(=O)Br. The fourth-order valence-electron chi connectivity index (χ4n) is 1.04. The monoisotopic (exact) mass is 268 g/mol. The zero-order chi connectivity index (χ0) is 7.72. The third kappa shape index (κ3) is 1.48. The van der Waals surface area contributed by atoms with E-state index < -0.39 is 0 Å². The summed E-state index contributed by atoms with van der Waals surface area (Å²) in [5, 5.41) is 0. The Bertz CT molecular complexity index is 159. The Kier molecular flexibility index (Phi) is 2.63. The smallest absolute Gasteiger partial charge is 0.201 e. The Labute approximate surface area is 75.6 Å². The molecule has 1 rings (SSSR count). The Hall–Kier alpha value is 0.300. The summed E-state index contributed by atoms with van der Waals surface area (Å²) in [7, 11) is 0. The second-order valence-electron chi connectivity index (χ2n) is 2.40. The molecule has 0 bridgehead atoms. The maximum atomic E-state index is 10.7. The molecule has 0 aromatic rings. The fraction of sp³-hybridized carbons (Fsp3) is 0.667. The molecule has 0 amide bonds. The zero-order valence-electron chi connectivity index (χ0n) is 5.14. The first-order chi connectivity index (χ1) is 4.63. The van der Waals surface area contributed by atoms with Crippen LogP contribution in [0.1, 0.15) is 12.8 Å². The molecule has 0 aromatic heterocycles. The van der Waals surface area contributed by atoms with E-state index in [1.165, 1.54) is 0 Å². The molecular formula is C6H6Br2O2. The average molecular weight is 270 g/mol. The van der Waals surface area contributed by atoms with Gasteiger partial charge in [-0.25, -0.2) is 0 Å². The molecule has 2 nitrogen and oxygen atoms in total. The van der Waals surface area contributed by atoms with Crippen molar-refractivity contribution < 1.29 is 9.59 Å². The molecule has 1 fully saturated rings. The van der Waals surface area contributed by atoms with Crippen LogP contribution in [0.25, 0.3) is 0 Å². The van der Waals surface area contributed by atoms with Crippen LogP contribution in [0.15, 0.2) is 0 Å². The largest absolute Gasteiger partial charge is 0.286 e. The number of carbonyl (C=O) groups excluding carboxylic acids is 2. The Morgan fingerprint density at radius 1 is 1.00 bits per heavy atom. The van der Waals surface area contributed by atoms with Crippen LogP contribution in [0.2, 0.25) is 0 Å². The lowest BCUT2D eigenvalue weighted by atomic mass is 9.75. The normalized spacial score (nSPS) is 31.0. The van der Waals surface area contributed by atoms with Crippen molar-refractivity contribution in [3.63, 3.8) is 0 Å². The minimum atomic E-state index is -0.0770. The topological polar surface area (TPSA) is 34.1 Å². The van der Waals surface area contributed by atoms with Crippen molar-refractivity contribution in [2.75, 3.05) is 0 Å². The van der Waals surface area contributed by atoms with E-state index in [0.717, 1.165) is 12.8 Å². The van der Waals surface area contributed by atoms with Gasteiger partial charge in [0.05, 0.1) is 0 Å². The van der Waals surface area contributed by atoms with Crippen LogP contribution < -0.4 is 0 Å². The predicted molar refractivity (Wildman–Crippen MR) is 44.1 cm³/mol. The molecule has 1 saturated carbocycles. The average Bonchev–Trinajstić information content (AvgIpc) is 1.56. The minimum Gasteiger partial charge on any atom is -0.286 e. The second-order valence-corrected chi connectivity index (χ2v) is 3.96. The van der Waals surface area contributed by atoms with Crippen molar-refractivity contribution in [3.05, 3.63) is 0 Å². The van der Waals surface area contributed by atoms with Crippen LogP contribution in [-0.2, 0) is 9.59 Å². The van der Waals surface area contributed by atoms with Gasteiger partial charge in [-0.3, -0.25) is 9.59 Å². The molecule has 4 heteroatoms. The summed E-state index contributed by atoms with van der Waals surface area (Å²) in [5.74, 6) is -0.154. The van der Waals surface area contributed by atoms with Crippen LogP contribution in [0.4, 0.5) is 0 Å². The first-order valence-electron chi connectivity index (χ1n) is 3.01. The van der Waals surface area contributed by atoms with Gasteiger partial charge < -0.3 is 0 Å². The van der Waals surface area contributed by atoms with Crippen LogP contribution in [-0.4, -0.2) is 9.39 Å². The lowest BCUT2D eigenvalue weighted by Crippen LogP contribution is -2.33. The Morgan fingerprint density at radius 3 is 1.40 bits per heavy atom. The lowest BCUT2D eigenvalue weighted by molar-refractivity contribution is -0.127. The van der Waals surface area contributed by atoms with Gasteiger partial charge in [-0.15, -0.1) is 0 Å². The van der Waals surface area contributed by atoms with Crippen LogP contribution in [0.5, 0.6) is 0 Å². The zero-order valence-corrected chi connectivity index (χ0v) is 8.31. The van der Waals surface area contributed by atoms with E-state index in [0.29, 0.717) is 0 Å². The molecular weight excluding hydrogens is 264 g/mol. The number of hydrogen-bond donors (Lipinski definition) is 0. The molecule has 0 aliphatic heterocycles. The van der Waals surface area contributed by atoms with Crippen molar-refractivity contribution in [3.8, 4) is 0 Å². The molecule has 0 heterocycles. The molecule has 0 aromatic carbocycles. The van der Waals surface area contributed by atoms with E-state index in [9.17, 15) is 9.59 Å². The van der Waals surface area contributed by atoms with E-state index in [1.54, 1.807) is 0 Å². The number of rotatable bonds is 2. The van der Waals surface area contributed by atoms with Crippen molar-refractivity contribution in [1.29, 1.82) is 0 Å². The molecule has 0 N–H and O–H groups in total. The molecule has 56 valence electrons. The second kappa shape index (κ2) is 3.13. The van der Waals surface area contributed by atoms with Gasteiger partial charge in [0.2, 0.25) is 9.39 Å². The summed E-state index contributed by atoms with van der Waals surface area (Å²) < 4.78 is -0.0897. The van der Waals surface area contributed by atoms with Crippen LogP contribution in [0, 0.1) is 11.8 Å². The van der Waals surface area contributed by atoms with Crippen molar-refractivity contribution in [1.82, 2.24) is 0 Å². The van der Waals surface area contributed by atoms with Crippen molar-refractivity contribution >= 4 is 41.2 Å². The van der Waals surface area contributed by atoms with E-state index in [1.807, 2.05) is 0 Å². The molecule has 1 aliphatic rings. The first kappa shape index (κ1) is 8.40. The number of halogens is 2. The first-order valence-corrected chi connectivity index (χ1v) is 4.60. The summed E-state index contributed by atoms with van der Waals surface area (Å²) in [5.41, 5.74) is 0. The Balaban J connectivity index is 2.51.